The second kappa shape index (κ2) is 8.00. The first-order valence-corrected chi connectivity index (χ1v) is 7.49. The summed E-state index contributed by atoms with van der Waals surface area (Å²) in [5.74, 6) is 0.366. The molecule has 0 fully saturated rings. The van der Waals surface area contributed by atoms with Gasteiger partial charge in [-0.15, -0.1) is 0 Å². The van der Waals surface area contributed by atoms with Gasteiger partial charge in [0.15, 0.2) is 0 Å². The lowest BCUT2D eigenvalue weighted by atomic mass is 9.98. The van der Waals surface area contributed by atoms with Gasteiger partial charge in [-0.25, -0.2) is 0 Å². The molecule has 2 rings (SSSR count). The number of rotatable bonds is 8. The zero-order valence-electron chi connectivity index (χ0n) is 12.9. The Bertz CT molecular complexity index is 463. The lowest BCUT2D eigenvalue weighted by molar-refractivity contribution is -0.121. The SMILES string of the molecule is CN(C)CCOCCNC(=O)CC1CNc2ccccc21. The summed E-state index contributed by atoms with van der Waals surface area (Å²) in [7, 11) is 4.03. The minimum Gasteiger partial charge on any atom is -0.384 e. The lowest BCUT2D eigenvalue weighted by Crippen LogP contribution is -2.29. The molecule has 2 N–H and O–H groups in total. The summed E-state index contributed by atoms with van der Waals surface area (Å²) in [6, 6.07) is 8.19. The average Bonchev–Trinajstić information content (AvgIpc) is 2.86. The first-order chi connectivity index (χ1) is 10.2. The van der Waals surface area contributed by atoms with E-state index < -0.39 is 0 Å². The van der Waals surface area contributed by atoms with Gasteiger partial charge in [0.25, 0.3) is 0 Å². The van der Waals surface area contributed by atoms with Crippen LogP contribution in [0.5, 0.6) is 0 Å². The fourth-order valence-electron chi connectivity index (χ4n) is 2.45. The van der Waals surface area contributed by atoms with Crippen molar-refractivity contribution < 1.29 is 9.53 Å². The number of nitrogens with zero attached hydrogens (tertiary/aromatic N) is 1. The highest BCUT2D eigenvalue weighted by Gasteiger charge is 2.23. The van der Waals surface area contributed by atoms with E-state index in [0.717, 1.165) is 18.8 Å². The average molecular weight is 291 g/mol. The molecular weight excluding hydrogens is 266 g/mol. The van der Waals surface area contributed by atoms with Crippen molar-refractivity contribution in [2.45, 2.75) is 12.3 Å². The summed E-state index contributed by atoms with van der Waals surface area (Å²) in [6.07, 6.45) is 0.529. The minimum atomic E-state index is 0.0923. The van der Waals surface area contributed by atoms with Crippen LogP contribution in [0.15, 0.2) is 24.3 Å². The third-order valence-electron chi connectivity index (χ3n) is 3.62. The van der Waals surface area contributed by atoms with Gasteiger partial charge in [-0.1, -0.05) is 18.2 Å². The van der Waals surface area contributed by atoms with Crippen LogP contribution in [-0.4, -0.2) is 57.8 Å². The molecule has 0 saturated carbocycles. The molecule has 0 saturated heterocycles. The molecular formula is C16H25N3O2. The predicted molar refractivity (Wildman–Crippen MR) is 84.7 cm³/mol. The molecule has 1 unspecified atom stereocenters. The Hall–Kier alpha value is -1.59. The van der Waals surface area contributed by atoms with Crippen LogP contribution < -0.4 is 10.6 Å². The molecule has 1 aliphatic rings. The fourth-order valence-corrected chi connectivity index (χ4v) is 2.45. The molecule has 5 nitrogen and oxygen atoms in total. The van der Waals surface area contributed by atoms with Gasteiger partial charge in [0.1, 0.15) is 0 Å². The van der Waals surface area contributed by atoms with Crippen LogP contribution in [0.4, 0.5) is 5.69 Å². The molecule has 1 amide bonds. The van der Waals surface area contributed by atoms with E-state index in [0.29, 0.717) is 26.2 Å². The minimum absolute atomic E-state index is 0.0923. The summed E-state index contributed by atoms with van der Waals surface area (Å²) < 4.78 is 5.45. The second-order valence-electron chi connectivity index (χ2n) is 5.63. The number of amides is 1. The fraction of sp³-hybridized carbons (Fsp3) is 0.562. The predicted octanol–water partition coefficient (Wildman–Crippen LogP) is 1.28. The van der Waals surface area contributed by atoms with E-state index in [1.54, 1.807) is 0 Å². The van der Waals surface area contributed by atoms with Gasteiger partial charge in [0.05, 0.1) is 13.2 Å². The van der Waals surface area contributed by atoms with E-state index in [2.05, 4.69) is 27.7 Å². The van der Waals surface area contributed by atoms with Crippen LogP contribution in [-0.2, 0) is 9.53 Å². The third kappa shape index (κ3) is 5.02. The number of para-hydroxylation sites is 1. The molecule has 0 radical (unpaired) electrons. The Kier molecular flexibility index (Phi) is 6.02. The number of hydrogen-bond acceptors (Lipinski definition) is 4. The first kappa shape index (κ1) is 15.8. The molecule has 0 spiro atoms. The molecule has 116 valence electrons. The number of hydrogen-bond donors (Lipinski definition) is 2. The molecule has 1 atom stereocenters. The summed E-state index contributed by atoms with van der Waals surface area (Å²) in [4.78, 5) is 14.0. The van der Waals surface area contributed by atoms with Crippen LogP contribution >= 0.6 is 0 Å². The molecule has 0 aromatic heterocycles. The highest BCUT2D eigenvalue weighted by atomic mass is 16.5. The third-order valence-corrected chi connectivity index (χ3v) is 3.62. The van der Waals surface area contributed by atoms with E-state index in [-0.39, 0.29) is 11.8 Å². The van der Waals surface area contributed by atoms with Crippen LogP contribution in [0.2, 0.25) is 0 Å². The standard InChI is InChI=1S/C16H25N3O2/c1-19(2)8-10-21-9-7-17-16(20)11-13-12-18-15-6-4-3-5-14(13)15/h3-6,13,18H,7-12H2,1-2H3,(H,17,20). The Morgan fingerprint density at radius 1 is 1.38 bits per heavy atom. The first-order valence-electron chi connectivity index (χ1n) is 7.49. The molecule has 0 bridgehead atoms. The molecule has 1 aliphatic heterocycles. The maximum absolute atomic E-state index is 11.9. The zero-order valence-corrected chi connectivity index (χ0v) is 12.9. The van der Waals surface area contributed by atoms with Crippen LogP contribution in [0.1, 0.15) is 17.9 Å². The molecule has 0 aliphatic carbocycles. The van der Waals surface area contributed by atoms with Gasteiger partial charge < -0.3 is 20.3 Å². The van der Waals surface area contributed by atoms with Crippen molar-refractivity contribution >= 4 is 11.6 Å². The highest BCUT2D eigenvalue weighted by molar-refractivity contribution is 5.78. The van der Waals surface area contributed by atoms with Gasteiger partial charge in [-0.2, -0.15) is 0 Å². The summed E-state index contributed by atoms with van der Waals surface area (Å²) in [5, 5.41) is 6.26. The molecule has 1 aromatic carbocycles. The largest absolute Gasteiger partial charge is 0.384 e. The van der Waals surface area contributed by atoms with E-state index >= 15 is 0 Å². The van der Waals surface area contributed by atoms with E-state index in [4.69, 9.17) is 4.74 Å². The maximum atomic E-state index is 11.9. The number of carbonyl (C=O) groups is 1. The number of anilines is 1. The Balaban J connectivity index is 1.62. The Labute approximate surface area is 126 Å². The van der Waals surface area contributed by atoms with Crippen LogP contribution in [0, 0.1) is 0 Å². The van der Waals surface area contributed by atoms with E-state index in [1.165, 1.54) is 5.56 Å². The number of benzene rings is 1. The summed E-state index contributed by atoms with van der Waals surface area (Å²) in [5.41, 5.74) is 2.40. The number of ether oxygens (including phenoxy) is 1. The van der Waals surface area contributed by atoms with Crippen molar-refractivity contribution in [2.24, 2.45) is 0 Å². The Morgan fingerprint density at radius 2 is 2.19 bits per heavy atom. The van der Waals surface area contributed by atoms with Crippen molar-refractivity contribution in [3.8, 4) is 0 Å². The van der Waals surface area contributed by atoms with E-state index in [1.807, 2.05) is 26.2 Å². The smallest absolute Gasteiger partial charge is 0.220 e. The van der Waals surface area contributed by atoms with Crippen molar-refractivity contribution in [3.63, 3.8) is 0 Å². The highest BCUT2D eigenvalue weighted by Crippen LogP contribution is 2.32. The van der Waals surface area contributed by atoms with Gasteiger partial charge in [0, 0.05) is 37.7 Å². The molecule has 5 heteroatoms. The normalized spacial score (nSPS) is 16.6. The second-order valence-corrected chi connectivity index (χ2v) is 5.63. The van der Waals surface area contributed by atoms with Crippen molar-refractivity contribution in [1.29, 1.82) is 0 Å². The lowest BCUT2D eigenvalue weighted by Gasteiger charge is -2.12. The number of carbonyl (C=O) groups excluding carboxylic acids is 1. The summed E-state index contributed by atoms with van der Waals surface area (Å²) in [6.45, 7) is 3.58. The van der Waals surface area contributed by atoms with Crippen LogP contribution in [0.25, 0.3) is 0 Å². The number of nitrogens with one attached hydrogen (secondary N) is 2. The van der Waals surface area contributed by atoms with Crippen molar-refractivity contribution in [1.82, 2.24) is 10.2 Å². The van der Waals surface area contributed by atoms with Gasteiger partial charge in [-0.3, -0.25) is 4.79 Å². The van der Waals surface area contributed by atoms with E-state index in [9.17, 15) is 4.79 Å². The van der Waals surface area contributed by atoms with Gasteiger partial charge in [0.2, 0.25) is 5.91 Å². The monoisotopic (exact) mass is 291 g/mol. The quantitative estimate of drug-likeness (QED) is 0.709. The Morgan fingerprint density at radius 3 is 3.00 bits per heavy atom. The van der Waals surface area contributed by atoms with Gasteiger partial charge >= 0.3 is 0 Å². The van der Waals surface area contributed by atoms with Gasteiger partial charge in [-0.05, 0) is 25.7 Å². The summed E-state index contributed by atoms with van der Waals surface area (Å²) >= 11 is 0. The topological polar surface area (TPSA) is 53.6 Å². The van der Waals surface area contributed by atoms with Crippen molar-refractivity contribution in [3.05, 3.63) is 29.8 Å². The zero-order chi connectivity index (χ0) is 15.1. The maximum Gasteiger partial charge on any atom is 0.220 e. The van der Waals surface area contributed by atoms with Crippen LogP contribution in [0.3, 0.4) is 0 Å². The molecule has 1 heterocycles. The molecule has 21 heavy (non-hydrogen) atoms. The molecule has 1 aromatic rings. The van der Waals surface area contributed by atoms with Crippen molar-refractivity contribution in [2.75, 3.05) is 52.3 Å². The number of likely N-dealkylation sites (N-methyl/N-ethyl adjacent to an activating group) is 1. The number of fused-ring (bicyclic) bond motifs is 1.